The summed E-state index contributed by atoms with van der Waals surface area (Å²) in [5, 5.41) is 5.81. The third kappa shape index (κ3) is 6.13. The number of amides is 2. The molecule has 2 aromatic rings. The lowest BCUT2D eigenvalue weighted by Gasteiger charge is -2.07. The monoisotopic (exact) mass is 406 g/mol. The maximum absolute atomic E-state index is 11.9. The van der Waals surface area contributed by atoms with Gasteiger partial charge in [0.25, 0.3) is 11.8 Å². The van der Waals surface area contributed by atoms with Crippen molar-refractivity contribution in [1.29, 1.82) is 0 Å². The second kappa shape index (κ2) is 9.75. The summed E-state index contributed by atoms with van der Waals surface area (Å²) in [6.07, 6.45) is 2.55. The molecule has 8 heteroatoms. The van der Waals surface area contributed by atoms with Gasteiger partial charge >= 0.3 is 5.97 Å². The van der Waals surface area contributed by atoms with Gasteiger partial charge in [-0.05, 0) is 36.4 Å². The molecule has 0 aromatic heterocycles. The SMILES string of the molecule is CNC(=O)c1cccc(NC(=O)COC(=O)/C=C/c2c(Cl)cccc2Cl)c1. The Bertz CT molecular complexity index is 877. The van der Waals surface area contributed by atoms with E-state index >= 15 is 0 Å². The minimum absolute atomic E-state index is 0.277. The molecule has 0 unspecified atom stereocenters. The van der Waals surface area contributed by atoms with Crippen molar-refractivity contribution in [3.05, 3.63) is 69.7 Å². The smallest absolute Gasteiger partial charge is 0.331 e. The van der Waals surface area contributed by atoms with Crippen LogP contribution in [0.15, 0.2) is 48.5 Å². The number of rotatable bonds is 6. The molecule has 0 spiro atoms. The van der Waals surface area contributed by atoms with Crippen molar-refractivity contribution in [2.24, 2.45) is 0 Å². The summed E-state index contributed by atoms with van der Waals surface area (Å²) in [5.74, 6) is -1.54. The molecule has 0 saturated carbocycles. The summed E-state index contributed by atoms with van der Waals surface area (Å²) in [6.45, 7) is -0.483. The summed E-state index contributed by atoms with van der Waals surface area (Å²) in [4.78, 5) is 35.2. The van der Waals surface area contributed by atoms with Crippen LogP contribution in [0, 0.1) is 0 Å². The highest BCUT2D eigenvalue weighted by molar-refractivity contribution is 6.37. The number of esters is 1. The lowest BCUT2D eigenvalue weighted by molar-refractivity contribution is -0.142. The lowest BCUT2D eigenvalue weighted by atomic mass is 10.2. The van der Waals surface area contributed by atoms with Crippen LogP contribution in [0.2, 0.25) is 10.0 Å². The van der Waals surface area contributed by atoms with Crippen LogP contribution in [0.3, 0.4) is 0 Å². The Morgan fingerprint density at radius 3 is 2.41 bits per heavy atom. The number of hydrogen-bond acceptors (Lipinski definition) is 4. The van der Waals surface area contributed by atoms with Gasteiger partial charge in [0, 0.05) is 40.0 Å². The Balaban J connectivity index is 1.89. The van der Waals surface area contributed by atoms with Gasteiger partial charge < -0.3 is 15.4 Å². The molecule has 2 amide bonds. The fourth-order valence-corrected chi connectivity index (χ4v) is 2.61. The second-order valence-corrected chi connectivity index (χ2v) is 6.10. The fourth-order valence-electron chi connectivity index (χ4n) is 2.09. The number of halogens is 2. The molecule has 2 N–H and O–H groups in total. The van der Waals surface area contributed by atoms with E-state index in [1.807, 2.05) is 0 Å². The molecule has 0 heterocycles. The van der Waals surface area contributed by atoms with Crippen molar-refractivity contribution in [2.75, 3.05) is 19.0 Å². The summed E-state index contributed by atoms with van der Waals surface area (Å²) < 4.78 is 4.87. The zero-order valence-corrected chi connectivity index (χ0v) is 15.8. The summed E-state index contributed by atoms with van der Waals surface area (Å²) in [6, 6.07) is 11.3. The molecule has 0 saturated heterocycles. The molecule has 0 radical (unpaired) electrons. The van der Waals surface area contributed by atoms with E-state index in [0.717, 1.165) is 6.08 Å². The highest BCUT2D eigenvalue weighted by Crippen LogP contribution is 2.25. The molecule has 0 aliphatic heterocycles. The largest absolute Gasteiger partial charge is 0.452 e. The summed E-state index contributed by atoms with van der Waals surface area (Å²) in [7, 11) is 1.51. The van der Waals surface area contributed by atoms with E-state index in [1.54, 1.807) is 36.4 Å². The van der Waals surface area contributed by atoms with E-state index in [-0.39, 0.29) is 5.91 Å². The topological polar surface area (TPSA) is 84.5 Å². The van der Waals surface area contributed by atoms with E-state index < -0.39 is 18.5 Å². The number of benzene rings is 2. The molecule has 140 valence electrons. The average Bonchev–Trinajstić information content (AvgIpc) is 2.65. The Kier molecular flexibility index (Phi) is 7.40. The first-order chi connectivity index (χ1) is 12.9. The van der Waals surface area contributed by atoms with Gasteiger partial charge in [-0.3, -0.25) is 9.59 Å². The summed E-state index contributed by atoms with van der Waals surface area (Å²) in [5.41, 5.74) is 1.29. The molecule has 0 bridgehead atoms. The van der Waals surface area contributed by atoms with Crippen LogP contribution in [-0.4, -0.2) is 31.4 Å². The predicted molar refractivity (Wildman–Crippen MR) is 105 cm³/mol. The summed E-state index contributed by atoms with van der Waals surface area (Å²) >= 11 is 12.0. The maximum Gasteiger partial charge on any atom is 0.331 e. The molecule has 0 atom stereocenters. The Hall–Kier alpha value is -2.83. The molecule has 0 aliphatic rings. The number of hydrogen-bond donors (Lipinski definition) is 2. The van der Waals surface area contributed by atoms with Crippen molar-refractivity contribution >= 4 is 52.7 Å². The van der Waals surface area contributed by atoms with Crippen LogP contribution < -0.4 is 10.6 Å². The number of ether oxygens (including phenoxy) is 1. The van der Waals surface area contributed by atoms with Crippen molar-refractivity contribution in [1.82, 2.24) is 5.32 Å². The van der Waals surface area contributed by atoms with Gasteiger partial charge in [0.2, 0.25) is 0 Å². The van der Waals surface area contributed by atoms with E-state index in [4.69, 9.17) is 27.9 Å². The van der Waals surface area contributed by atoms with E-state index in [1.165, 1.54) is 19.2 Å². The average molecular weight is 407 g/mol. The first kappa shape index (κ1) is 20.5. The standard InChI is InChI=1S/C19H16Cl2N2O4/c1-22-19(26)12-4-2-5-13(10-12)23-17(24)11-27-18(25)9-8-14-15(20)6-3-7-16(14)21/h2-10H,11H2,1H3,(H,22,26)(H,23,24)/b9-8+. The maximum atomic E-state index is 11.9. The molecule has 6 nitrogen and oxygen atoms in total. The highest BCUT2D eigenvalue weighted by atomic mass is 35.5. The molecule has 2 aromatic carbocycles. The number of anilines is 1. The van der Waals surface area contributed by atoms with Crippen molar-refractivity contribution in [3.8, 4) is 0 Å². The molecular formula is C19H16Cl2N2O4. The lowest BCUT2D eigenvalue weighted by Crippen LogP contribution is -2.21. The van der Waals surface area contributed by atoms with Crippen LogP contribution in [0.5, 0.6) is 0 Å². The highest BCUT2D eigenvalue weighted by Gasteiger charge is 2.09. The number of nitrogens with one attached hydrogen (secondary N) is 2. The van der Waals surface area contributed by atoms with Crippen molar-refractivity contribution in [3.63, 3.8) is 0 Å². The first-order valence-corrected chi connectivity index (χ1v) is 8.57. The first-order valence-electron chi connectivity index (χ1n) is 7.81. The number of carbonyl (C=O) groups is 3. The fraction of sp³-hybridized carbons (Fsp3) is 0.105. The van der Waals surface area contributed by atoms with Crippen LogP contribution in [0.1, 0.15) is 15.9 Å². The zero-order chi connectivity index (χ0) is 19.8. The van der Waals surface area contributed by atoms with Crippen LogP contribution >= 0.6 is 23.2 Å². The van der Waals surface area contributed by atoms with Crippen molar-refractivity contribution in [2.45, 2.75) is 0 Å². The normalized spacial score (nSPS) is 10.5. The predicted octanol–water partition coefficient (Wildman–Crippen LogP) is 3.55. The van der Waals surface area contributed by atoms with Gasteiger partial charge in [-0.2, -0.15) is 0 Å². The molecule has 0 fully saturated rings. The molecule has 27 heavy (non-hydrogen) atoms. The van der Waals surface area contributed by atoms with Crippen LogP contribution in [0.25, 0.3) is 6.08 Å². The molecule has 2 rings (SSSR count). The Labute approximate surface area is 166 Å². The quantitative estimate of drug-likeness (QED) is 0.567. The number of carbonyl (C=O) groups excluding carboxylic acids is 3. The zero-order valence-electron chi connectivity index (χ0n) is 14.3. The minimum atomic E-state index is -0.722. The molecular weight excluding hydrogens is 391 g/mol. The Morgan fingerprint density at radius 1 is 1.07 bits per heavy atom. The van der Waals surface area contributed by atoms with Gasteiger partial charge in [-0.1, -0.05) is 35.3 Å². The van der Waals surface area contributed by atoms with E-state index in [2.05, 4.69) is 10.6 Å². The molecule has 0 aliphatic carbocycles. The van der Waals surface area contributed by atoms with Crippen molar-refractivity contribution < 1.29 is 19.1 Å². The van der Waals surface area contributed by atoms with Crippen LogP contribution in [-0.2, 0) is 14.3 Å². The van der Waals surface area contributed by atoms with Gasteiger partial charge in [-0.15, -0.1) is 0 Å². The van der Waals surface area contributed by atoms with Gasteiger partial charge in [0.15, 0.2) is 6.61 Å². The van der Waals surface area contributed by atoms with Gasteiger partial charge in [0.05, 0.1) is 0 Å². The third-order valence-electron chi connectivity index (χ3n) is 3.37. The Morgan fingerprint density at radius 2 is 1.74 bits per heavy atom. The van der Waals surface area contributed by atoms with Gasteiger partial charge in [0.1, 0.15) is 0 Å². The minimum Gasteiger partial charge on any atom is -0.452 e. The second-order valence-electron chi connectivity index (χ2n) is 5.28. The van der Waals surface area contributed by atoms with Gasteiger partial charge in [-0.25, -0.2) is 4.79 Å². The third-order valence-corrected chi connectivity index (χ3v) is 4.03. The van der Waals surface area contributed by atoms with E-state index in [9.17, 15) is 14.4 Å². The van der Waals surface area contributed by atoms with E-state index in [0.29, 0.717) is 26.9 Å². The van der Waals surface area contributed by atoms with Crippen LogP contribution in [0.4, 0.5) is 5.69 Å².